The van der Waals surface area contributed by atoms with Crippen molar-refractivity contribution < 1.29 is 17.1 Å². The average Bonchev–Trinajstić information content (AvgIpc) is 2.65. The number of halogens is 1. The third kappa shape index (κ3) is 5.09. The molecule has 25 heavy (non-hydrogen) atoms. The lowest BCUT2D eigenvalue weighted by Crippen LogP contribution is -3.00. The Bertz CT molecular complexity index is 707. The van der Waals surface area contributed by atoms with Crippen LogP contribution in [-0.4, -0.2) is 6.61 Å². The van der Waals surface area contributed by atoms with E-state index in [4.69, 9.17) is 4.74 Å². The van der Waals surface area contributed by atoms with Crippen LogP contribution in [0.25, 0.3) is 0 Å². The Morgan fingerprint density at radius 1 is 0.760 bits per heavy atom. The summed E-state index contributed by atoms with van der Waals surface area (Å²) in [6, 6.07) is 29.5. The standard InChI is InChI=1S/C22H23NO.ClH/c1-2-24-21-16-10-9-15-20(21)17-23-22(18-11-5-3-6-12-18)19-13-7-4-8-14-19;/h3-16,22-23H,2,17H2,1H3;1H/p-1. The SMILES string of the molecule is CCOc1ccccc1CNC(c1ccccc1)c1ccccc1.[Cl-]. The van der Waals surface area contributed by atoms with Gasteiger partial charge in [-0.05, 0) is 24.1 Å². The molecule has 130 valence electrons. The zero-order valence-corrected chi connectivity index (χ0v) is 15.1. The molecule has 3 aromatic rings. The Balaban J connectivity index is 0.00000225. The first kappa shape index (κ1) is 19.0. The van der Waals surface area contributed by atoms with E-state index in [2.05, 4.69) is 78.1 Å². The number of rotatable bonds is 7. The van der Waals surface area contributed by atoms with Crippen LogP contribution in [0, 0.1) is 0 Å². The first-order chi connectivity index (χ1) is 11.9. The molecule has 0 aromatic heterocycles. The van der Waals surface area contributed by atoms with Crippen molar-refractivity contribution in [3.8, 4) is 5.75 Å². The van der Waals surface area contributed by atoms with E-state index in [1.165, 1.54) is 16.7 Å². The molecule has 3 rings (SSSR count). The molecule has 1 N–H and O–H groups in total. The zero-order chi connectivity index (χ0) is 16.6. The lowest BCUT2D eigenvalue weighted by molar-refractivity contribution is -0.00000534. The monoisotopic (exact) mass is 352 g/mol. The fourth-order valence-corrected chi connectivity index (χ4v) is 2.88. The van der Waals surface area contributed by atoms with Gasteiger partial charge in [-0.2, -0.15) is 0 Å². The minimum absolute atomic E-state index is 0. The van der Waals surface area contributed by atoms with Crippen LogP contribution in [0.2, 0.25) is 0 Å². The Kier molecular flexibility index (Phi) is 7.52. The molecule has 0 fully saturated rings. The molecule has 0 unspecified atom stereocenters. The molecule has 0 saturated heterocycles. The summed E-state index contributed by atoms with van der Waals surface area (Å²) in [5.74, 6) is 0.951. The van der Waals surface area contributed by atoms with Gasteiger partial charge in [0.25, 0.3) is 0 Å². The minimum atomic E-state index is 0. The van der Waals surface area contributed by atoms with Crippen molar-refractivity contribution in [1.82, 2.24) is 5.32 Å². The van der Waals surface area contributed by atoms with Gasteiger partial charge in [-0.1, -0.05) is 78.9 Å². The summed E-state index contributed by atoms with van der Waals surface area (Å²) in [7, 11) is 0. The Morgan fingerprint density at radius 2 is 1.28 bits per heavy atom. The van der Waals surface area contributed by atoms with Crippen molar-refractivity contribution >= 4 is 0 Å². The van der Waals surface area contributed by atoms with Crippen LogP contribution in [-0.2, 0) is 6.54 Å². The second kappa shape index (κ2) is 9.87. The first-order valence-electron chi connectivity index (χ1n) is 8.42. The number of ether oxygens (including phenoxy) is 1. The van der Waals surface area contributed by atoms with E-state index in [-0.39, 0.29) is 18.4 Å². The smallest absolute Gasteiger partial charge is 0.123 e. The lowest BCUT2D eigenvalue weighted by Gasteiger charge is -2.21. The van der Waals surface area contributed by atoms with Gasteiger partial charge in [-0.25, -0.2) is 0 Å². The van der Waals surface area contributed by atoms with E-state index in [1.807, 2.05) is 19.1 Å². The molecule has 0 aliphatic rings. The van der Waals surface area contributed by atoms with E-state index in [0.29, 0.717) is 6.61 Å². The minimum Gasteiger partial charge on any atom is -1.00 e. The molecule has 3 heteroatoms. The van der Waals surface area contributed by atoms with Gasteiger partial charge in [0.15, 0.2) is 0 Å². The third-order valence-electron chi connectivity index (χ3n) is 4.03. The molecule has 0 aliphatic heterocycles. The molecule has 3 aromatic carbocycles. The van der Waals surface area contributed by atoms with E-state index in [9.17, 15) is 0 Å². The van der Waals surface area contributed by atoms with Crippen molar-refractivity contribution in [1.29, 1.82) is 0 Å². The summed E-state index contributed by atoms with van der Waals surface area (Å²) < 4.78 is 5.74. The average molecular weight is 353 g/mol. The molecular weight excluding hydrogens is 330 g/mol. The number of nitrogens with one attached hydrogen (secondary N) is 1. The predicted molar refractivity (Wildman–Crippen MR) is 99.2 cm³/mol. The van der Waals surface area contributed by atoms with Crippen LogP contribution in [0.4, 0.5) is 0 Å². The molecule has 2 nitrogen and oxygen atoms in total. The number of benzene rings is 3. The maximum Gasteiger partial charge on any atom is 0.123 e. The van der Waals surface area contributed by atoms with E-state index in [0.717, 1.165) is 12.3 Å². The molecular formula is C22H23ClNO-. The Morgan fingerprint density at radius 3 is 1.84 bits per heavy atom. The summed E-state index contributed by atoms with van der Waals surface area (Å²) in [5, 5.41) is 3.69. The van der Waals surface area contributed by atoms with E-state index >= 15 is 0 Å². The molecule has 0 spiro atoms. The van der Waals surface area contributed by atoms with Crippen molar-refractivity contribution in [2.24, 2.45) is 0 Å². The van der Waals surface area contributed by atoms with Gasteiger partial charge in [-0.15, -0.1) is 0 Å². The first-order valence-corrected chi connectivity index (χ1v) is 8.42. The van der Waals surface area contributed by atoms with Gasteiger partial charge in [-0.3, -0.25) is 0 Å². The fraction of sp³-hybridized carbons (Fsp3) is 0.182. The van der Waals surface area contributed by atoms with Crippen molar-refractivity contribution in [2.45, 2.75) is 19.5 Å². The second-order valence-electron chi connectivity index (χ2n) is 5.68. The Labute approximate surface area is 156 Å². The second-order valence-corrected chi connectivity index (χ2v) is 5.68. The van der Waals surface area contributed by atoms with Gasteiger partial charge in [0, 0.05) is 12.1 Å². The van der Waals surface area contributed by atoms with Crippen molar-refractivity contribution in [2.75, 3.05) is 6.61 Å². The van der Waals surface area contributed by atoms with Gasteiger partial charge >= 0.3 is 0 Å². The lowest BCUT2D eigenvalue weighted by atomic mass is 9.98. The van der Waals surface area contributed by atoms with Gasteiger partial charge in [0.2, 0.25) is 0 Å². The molecule has 0 radical (unpaired) electrons. The Hall–Kier alpha value is -2.29. The molecule has 0 aliphatic carbocycles. The predicted octanol–water partition coefficient (Wildman–Crippen LogP) is 1.97. The van der Waals surface area contributed by atoms with Crippen molar-refractivity contribution in [3.63, 3.8) is 0 Å². The quantitative estimate of drug-likeness (QED) is 0.702. The van der Waals surface area contributed by atoms with Crippen LogP contribution in [0.15, 0.2) is 84.9 Å². The molecule has 0 heterocycles. The summed E-state index contributed by atoms with van der Waals surface area (Å²) in [6.07, 6.45) is 0. The summed E-state index contributed by atoms with van der Waals surface area (Å²) in [4.78, 5) is 0. The van der Waals surface area contributed by atoms with Gasteiger partial charge < -0.3 is 22.5 Å². The highest BCUT2D eigenvalue weighted by molar-refractivity contribution is 5.35. The van der Waals surface area contributed by atoms with Crippen molar-refractivity contribution in [3.05, 3.63) is 102 Å². The number of para-hydroxylation sites is 1. The van der Waals surface area contributed by atoms with E-state index in [1.54, 1.807) is 0 Å². The summed E-state index contributed by atoms with van der Waals surface area (Å²) in [5.41, 5.74) is 3.70. The molecule has 0 atom stereocenters. The number of hydrogen-bond donors (Lipinski definition) is 1. The van der Waals surface area contributed by atoms with Crippen LogP contribution < -0.4 is 22.5 Å². The molecule has 0 amide bonds. The fourth-order valence-electron chi connectivity index (χ4n) is 2.88. The third-order valence-corrected chi connectivity index (χ3v) is 4.03. The summed E-state index contributed by atoms with van der Waals surface area (Å²) >= 11 is 0. The molecule has 0 saturated carbocycles. The maximum atomic E-state index is 5.74. The van der Waals surface area contributed by atoms with Gasteiger partial charge in [0.1, 0.15) is 5.75 Å². The highest BCUT2D eigenvalue weighted by atomic mass is 35.5. The highest BCUT2D eigenvalue weighted by Gasteiger charge is 2.14. The zero-order valence-electron chi connectivity index (χ0n) is 14.4. The molecule has 0 bridgehead atoms. The van der Waals surface area contributed by atoms with Crippen LogP contribution in [0.1, 0.15) is 29.7 Å². The topological polar surface area (TPSA) is 21.3 Å². The van der Waals surface area contributed by atoms with E-state index < -0.39 is 0 Å². The maximum absolute atomic E-state index is 5.74. The van der Waals surface area contributed by atoms with Crippen LogP contribution >= 0.6 is 0 Å². The largest absolute Gasteiger partial charge is 1.00 e. The normalized spacial score (nSPS) is 10.3. The highest BCUT2D eigenvalue weighted by Crippen LogP contribution is 2.24. The van der Waals surface area contributed by atoms with Crippen LogP contribution in [0.5, 0.6) is 5.75 Å². The van der Waals surface area contributed by atoms with Crippen LogP contribution in [0.3, 0.4) is 0 Å². The van der Waals surface area contributed by atoms with Gasteiger partial charge in [0.05, 0.1) is 12.6 Å². The summed E-state index contributed by atoms with van der Waals surface area (Å²) in [6.45, 7) is 3.45. The number of hydrogen-bond acceptors (Lipinski definition) is 2.